The number of para-hydroxylation sites is 2. The van der Waals surface area contributed by atoms with Crippen LogP contribution in [0, 0.1) is 5.82 Å². The molecule has 1 aliphatic rings. The second kappa shape index (κ2) is 6.17. The summed E-state index contributed by atoms with van der Waals surface area (Å²) in [5.41, 5.74) is 1.56. The van der Waals surface area contributed by atoms with Crippen molar-refractivity contribution in [3.8, 4) is 0 Å². The SMILES string of the molecule is CNCCN1c2ccccc2CN(c2ccccc2F)S1(=O)=O. The second-order valence-corrected chi connectivity index (χ2v) is 7.05. The fourth-order valence-corrected chi connectivity index (χ4v) is 4.37. The maximum atomic E-state index is 14.1. The van der Waals surface area contributed by atoms with E-state index in [1.165, 1.54) is 16.4 Å². The molecule has 0 aliphatic carbocycles. The lowest BCUT2D eigenvalue weighted by Gasteiger charge is -2.38. The van der Waals surface area contributed by atoms with Crippen molar-refractivity contribution in [3.05, 3.63) is 59.9 Å². The minimum absolute atomic E-state index is 0.0662. The maximum absolute atomic E-state index is 14.1. The molecule has 1 N–H and O–H groups in total. The Morgan fingerprint density at radius 3 is 2.43 bits per heavy atom. The zero-order valence-corrected chi connectivity index (χ0v) is 13.6. The molecule has 3 rings (SSSR count). The van der Waals surface area contributed by atoms with Crippen molar-refractivity contribution in [2.24, 2.45) is 0 Å². The molecule has 1 heterocycles. The smallest absolute Gasteiger partial charge is 0.318 e. The van der Waals surface area contributed by atoms with Crippen molar-refractivity contribution >= 4 is 21.6 Å². The molecule has 5 nitrogen and oxygen atoms in total. The predicted molar refractivity (Wildman–Crippen MR) is 89.2 cm³/mol. The molecule has 0 aromatic heterocycles. The fraction of sp³-hybridized carbons (Fsp3) is 0.250. The fourth-order valence-electron chi connectivity index (χ4n) is 2.68. The number of hydrogen-bond donors (Lipinski definition) is 1. The molecule has 0 unspecified atom stereocenters. The molecule has 0 fully saturated rings. The van der Waals surface area contributed by atoms with E-state index in [1.807, 2.05) is 12.1 Å². The highest BCUT2D eigenvalue weighted by molar-refractivity contribution is 7.94. The highest BCUT2D eigenvalue weighted by Crippen LogP contribution is 2.35. The van der Waals surface area contributed by atoms with Gasteiger partial charge in [-0.1, -0.05) is 30.3 Å². The van der Waals surface area contributed by atoms with Gasteiger partial charge in [0.2, 0.25) is 0 Å². The molecule has 0 radical (unpaired) electrons. The number of benzene rings is 2. The van der Waals surface area contributed by atoms with Crippen LogP contribution in [-0.4, -0.2) is 28.6 Å². The Labute approximate surface area is 135 Å². The monoisotopic (exact) mass is 335 g/mol. The van der Waals surface area contributed by atoms with Gasteiger partial charge in [-0.25, -0.2) is 8.70 Å². The Bertz CT molecular complexity index is 810. The molecule has 0 atom stereocenters. The van der Waals surface area contributed by atoms with Crippen LogP contribution in [0.25, 0.3) is 0 Å². The molecule has 0 amide bonds. The van der Waals surface area contributed by atoms with Gasteiger partial charge in [0, 0.05) is 13.1 Å². The molecule has 0 spiro atoms. The van der Waals surface area contributed by atoms with Crippen LogP contribution in [0.4, 0.5) is 15.8 Å². The summed E-state index contributed by atoms with van der Waals surface area (Å²) in [4.78, 5) is 0. The molecule has 2 aromatic carbocycles. The minimum atomic E-state index is -3.84. The summed E-state index contributed by atoms with van der Waals surface area (Å²) in [7, 11) is -2.08. The van der Waals surface area contributed by atoms with Crippen LogP contribution < -0.4 is 13.9 Å². The summed E-state index contributed by atoms with van der Waals surface area (Å²) < 4.78 is 42.6. The summed E-state index contributed by atoms with van der Waals surface area (Å²) in [5.74, 6) is -0.552. The number of nitrogens with one attached hydrogen (secondary N) is 1. The van der Waals surface area contributed by atoms with Crippen LogP contribution in [0.15, 0.2) is 48.5 Å². The third kappa shape index (κ3) is 2.77. The quantitative estimate of drug-likeness (QED) is 0.931. The number of halogens is 1. The molecule has 2 aromatic rings. The van der Waals surface area contributed by atoms with Crippen LogP contribution in [0.1, 0.15) is 5.56 Å². The lowest BCUT2D eigenvalue weighted by atomic mass is 10.1. The van der Waals surface area contributed by atoms with E-state index in [-0.39, 0.29) is 18.8 Å². The van der Waals surface area contributed by atoms with Gasteiger partial charge in [-0.05, 0) is 30.8 Å². The van der Waals surface area contributed by atoms with E-state index in [4.69, 9.17) is 0 Å². The average molecular weight is 335 g/mol. The van der Waals surface area contributed by atoms with Gasteiger partial charge in [0.15, 0.2) is 0 Å². The molecule has 1 aliphatic heterocycles. The lowest BCUT2D eigenvalue weighted by molar-refractivity contribution is 0.575. The zero-order chi connectivity index (χ0) is 16.4. The lowest BCUT2D eigenvalue weighted by Crippen LogP contribution is -2.49. The summed E-state index contributed by atoms with van der Waals surface area (Å²) in [5, 5.41) is 2.95. The van der Waals surface area contributed by atoms with Crippen molar-refractivity contribution in [3.63, 3.8) is 0 Å². The largest absolute Gasteiger partial charge is 0.326 e. The Balaban J connectivity index is 2.12. The predicted octanol–water partition coefficient (Wildman–Crippen LogP) is 2.12. The Morgan fingerprint density at radius 2 is 1.74 bits per heavy atom. The third-order valence-corrected chi connectivity index (χ3v) is 5.64. The third-order valence-electron chi connectivity index (χ3n) is 3.82. The first-order valence-electron chi connectivity index (χ1n) is 7.33. The van der Waals surface area contributed by atoms with Crippen molar-refractivity contribution in [1.29, 1.82) is 0 Å². The highest BCUT2D eigenvalue weighted by Gasteiger charge is 2.37. The standard InChI is InChI=1S/C16H18FN3O2S/c1-18-10-11-19-15-8-4-2-6-13(15)12-20(23(19,21)22)16-9-5-3-7-14(16)17/h2-9,18H,10-12H2,1H3. The first-order chi connectivity index (χ1) is 11.1. The van der Waals surface area contributed by atoms with E-state index in [0.29, 0.717) is 12.2 Å². The van der Waals surface area contributed by atoms with E-state index in [9.17, 15) is 12.8 Å². The molecule has 7 heteroatoms. The van der Waals surface area contributed by atoms with E-state index < -0.39 is 16.0 Å². The van der Waals surface area contributed by atoms with Crippen LogP contribution in [0.5, 0.6) is 0 Å². The normalized spacial score (nSPS) is 16.3. The van der Waals surface area contributed by atoms with Gasteiger partial charge in [-0.15, -0.1) is 0 Å². The molecular formula is C16H18FN3O2S. The Morgan fingerprint density at radius 1 is 1.09 bits per heavy atom. The summed E-state index contributed by atoms with van der Waals surface area (Å²) in [6.45, 7) is 0.898. The Kier molecular flexibility index (Phi) is 4.23. The molecule has 0 saturated carbocycles. The molecule has 0 saturated heterocycles. The second-order valence-electron chi connectivity index (χ2n) is 5.27. The van der Waals surface area contributed by atoms with E-state index in [1.54, 1.807) is 31.3 Å². The van der Waals surface area contributed by atoms with Crippen molar-refractivity contribution in [2.45, 2.75) is 6.54 Å². The number of anilines is 2. The number of rotatable bonds is 4. The summed E-state index contributed by atoms with van der Waals surface area (Å²) >= 11 is 0. The Hall–Kier alpha value is -2.12. The van der Waals surface area contributed by atoms with Crippen LogP contribution in [0.3, 0.4) is 0 Å². The first-order valence-corrected chi connectivity index (χ1v) is 8.73. The van der Waals surface area contributed by atoms with Gasteiger partial charge in [-0.2, -0.15) is 8.42 Å². The molecular weight excluding hydrogens is 317 g/mol. The van der Waals surface area contributed by atoms with Crippen LogP contribution in [0.2, 0.25) is 0 Å². The topological polar surface area (TPSA) is 52.6 Å². The highest BCUT2D eigenvalue weighted by atomic mass is 32.2. The van der Waals surface area contributed by atoms with Gasteiger partial charge in [0.1, 0.15) is 5.82 Å². The number of hydrogen-bond acceptors (Lipinski definition) is 3. The summed E-state index contributed by atoms with van der Waals surface area (Å²) in [6, 6.07) is 13.2. The van der Waals surface area contributed by atoms with Gasteiger partial charge < -0.3 is 5.32 Å². The van der Waals surface area contributed by atoms with Crippen LogP contribution in [-0.2, 0) is 16.8 Å². The maximum Gasteiger partial charge on any atom is 0.326 e. The van der Waals surface area contributed by atoms with Gasteiger partial charge in [0.25, 0.3) is 0 Å². The number of nitrogens with zero attached hydrogens (tertiary/aromatic N) is 2. The molecule has 0 bridgehead atoms. The van der Waals surface area contributed by atoms with E-state index in [2.05, 4.69) is 5.32 Å². The van der Waals surface area contributed by atoms with Crippen molar-refractivity contribution in [2.75, 3.05) is 28.7 Å². The number of likely N-dealkylation sites (N-methyl/N-ethyl adjacent to an activating group) is 1. The molecule has 122 valence electrons. The average Bonchev–Trinajstić information content (AvgIpc) is 2.54. The molecule has 23 heavy (non-hydrogen) atoms. The van der Waals surface area contributed by atoms with Gasteiger partial charge >= 0.3 is 10.2 Å². The van der Waals surface area contributed by atoms with Crippen molar-refractivity contribution < 1.29 is 12.8 Å². The summed E-state index contributed by atoms with van der Waals surface area (Å²) in [6.07, 6.45) is 0. The zero-order valence-electron chi connectivity index (χ0n) is 12.7. The van der Waals surface area contributed by atoms with Gasteiger partial charge in [-0.3, -0.25) is 4.31 Å². The van der Waals surface area contributed by atoms with Crippen LogP contribution >= 0.6 is 0 Å². The van der Waals surface area contributed by atoms with E-state index >= 15 is 0 Å². The first kappa shape index (κ1) is 15.8. The van der Waals surface area contributed by atoms with Gasteiger partial charge in [0.05, 0.1) is 17.9 Å². The van der Waals surface area contributed by atoms with E-state index in [0.717, 1.165) is 9.87 Å². The van der Waals surface area contributed by atoms with Crippen molar-refractivity contribution in [1.82, 2.24) is 5.32 Å². The minimum Gasteiger partial charge on any atom is -0.318 e. The number of fused-ring (bicyclic) bond motifs is 1.